The molecule has 0 bridgehead atoms. The number of piperidine rings is 1. The molecule has 1 heterocycles. The molecule has 9 heteroatoms. The predicted octanol–water partition coefficient (Wildman–Crippen LogP) is 3.67. The lowest BCUT2D eigenvalue weighted by Gasteiger charge is -2.42. The first-order valence-corrected chi connectivity index (χ1v) is 9.52. The normalized spacial score (nSPS) is 26.6. The first-order chi connectivity index (χ1) is 13.2. The summed E-state index contributed by atoms with van der Waals surface area (Å²) in [5.41, 5.74) is -0.0920. The molecule has 2 aromatic carbocycles. The van der Waals surface area contributed by atoms with Gasteiger partial charge in [0.25, 0.3) is 12.1 Å². The lowest BCUT2D eigenvalue weighted by molar-refractivity contribution is -0.818. The van der Waals surface area contributed by atoms with E-state index in [-0.39, 0.29) is 0 Å². The maximum absolute atomic E-state index is 12.0. The third kappa shape index (κ3) is 3.45. The molecular formula is C19H20Cl2N3O4+. The fourth-order valence-corrected chi connectivity index (χ4v) is 4.90. The Morgan fingerprint density at radius 1 is 0.821 bits per heavy atom. The fourth-order valence-electron chi connectivity index (χ4n) is 4.38. The molecule has 3 rings (SSSR count). The van der Waals surface area contributed by atoms with E-state index < -0.39 is 39.4 Å². The number of hydrogen-bond acceptors (Lipinski definition) is 4. The molecule has 0 saturated carbocycles. The number of halogens is 2. The topological polar surface area (TPSA) is 103 Å². The summed E-state index contributed by atoms with van der Waals surface area (Å²) >= 11 is 12.7. The number of nitrogens with zero attached hydrogens (tertiary/aromatic N) is 2. The van der Waals surface area contributed by atoms with Crippen LogP contribution in [0.5, 0.6) is 0 Å². The molecule has 7 nitrogen and oxygen atoms in total. The number of hydrogen-bond donors (Lipinski definition) is 1. The minimum absolute atomic E-state index is 0.392. The van der Waals surface area contributed by atoms with Crippen LogP contribution in [0.3, 0.4) is 0 Å². The largest absolute Gasteiger partial charge is 0.322 e. The van der Waals surface area contributed by atoms with Crippen molar-refractivity contribution >= 4 is 23.2 Å². The molecule has 0 aliphatic carbocycles. The summed E-state index contributed by atoms with van der Waals surface area (Å²) < 4.78 is 0. The van der Waals surface area contributed by atoms with Gasteiger partial charge in [0.05, 0.1) is 0 Å². The van der Waals surface area contributed by atoms with Gasteiger partial charge in [-0.05, 0) is 26.0 Å². The van der Waals surface area contributed by atoms with Gasteiger partial charge in [-0.25, -0.2) is 0 Å². The highest BCUT2D eigenvalue weighted by molar-refractivity contribution is 6.31. The number of quaternary nitrogens is 1. The number of nitrogens with two attached hydrogens (primary N) is 1. The van der Waals surface area contributed by atoms with Crippen LogP contribution in [0.1, 0.15) is 37.1 Å². The SMILES string of the molecule is CC1(C)[C@@H]([N+](=O)[O-])[C@H](c2ccccc2Cl)[NH2+][C@H](c2ccccc2Cl)[C@H]1[N+](=O)[O-]. The van der Waals surface area contributed by atoms with Crippen LogP contribution in [0, 0.1) is 25.6 Å². The van der Waals surface area contributed by atoms with Gasteiger partial charge in [-0.1, -0.05) is 59.6 Å². The molecule has 0 amide bonds. The van der Waals surface area contributed by atoms with Gasteiger partial charge in [0.1, 0.15) is 5.41 Å². The third-order valence-electron chi connectivity index (χ3n) is 5.60. The smallest absolute Gasteiger partial charge is 0.279 e. The molecule has 148 valence electrons. The molecular weight excluding hydrogens is 405 g/mol. The van der Waals surface area contributed by atoms with Gasteiger partial charge in [0.2, 0.25) is 0 Å². The Labute approximate surface area is 171 Å². The molecule has 0 spiro atoms. The minimum Gasteiger partial charge on any atom is -0.322 e. The summed E-state index contributed by atoms with van der Waals surface area (Å²) in [5, 5.41) is 26.5. The van der Waals surface area contributed by atoms with Crippen LogP contribution in [-0.4, -0.2) is 21.9 Å². The van der Waals surface area contributed by atoms with Gasteiger partial charge in [0, 0.05) is 31.0 Å². The van der Waals surface area contributed by atoms with Gasteiger partial charge >= 0.3 is 0 Å². The quantitative estimate of drug-likeness (QED) is 0.596. The van der Waals surface area contributed by atoms with E-state index in [9.17, 15) is 20.2 Å². The van der Waals surface area contributed by atoms with Crippen LogP contribution in [-0.2, 0) is 0 Å². The third-order valence-corrected chi connectivity index (χ3v) is 6.29. The molecule has 2 aromatic rings. The zero-order valence-electron chi connectivity index (χ0n) is 15.3. The molecule has 2 N–H and O–H groups in total. The Balaban J connectivity index is 2.21. The van der Waals surface area contributed by atoms with Crippen LogP contribution in [0.25, 0.3) is 0 Å². The molecule has 4 atom stereocenters. The van der Waals surface area contributed by atoms with E-state index in [1.54, 1.807) is 67.7 Å². The van der Waals surface area contributed by atoms with E-state index in [0.29, 0.717) is 21.2 Å². The van der Waals surface area contributed by atoms with Crippen molar-refractivity contribution in [2.45, 2.75) is 38.0 Å². The van der Waals surface area contributed by atoms with Crippen LogP contribution < -0.4 is 5.32 Å². The van der Waals surface area contributed by atoms with Gasteiger partial charge < -0.3 is 5.32 Å². The minimum atomic E-state index is -1.25. The van der Waals surface area contributed by atoms with Crippen LogP contribution in [0.4, 0.5) is 0 Å². The second-order valence-corrected chi connectivity index (χ2v) is 8.38. The summed E-state index contributed by atoms with van der Waals surface area (Å²) in [4.78, 5) is 23.2. The van der Waals surface area contributed by atoms with E-state index in [0.717, 1.165) is 0 Å². The highest BCUT2D eigenvalue weighted by Crippen LogP contribution is 2.44. The zero-order chi connectivity index (χ0) is 20.6. The molecule has 1 saturated heterocycles. The Hall–Kier alpha value is -2.22. The first-order valence-electron chi connectivity index (χ1n) is 8.77. The van der Waals surface area contributed by atoms with E-state index >= 15 is 0 Å². The molecule has 0 aromatic heterocycles. The van der Waals surface area contributed by atoms with Crippen molar-refractivity contribution in [3.63, 3.8) is 0 Å². The Morgan fingerprint density at radius 2 is 1.18 bits per heavy atom. The predicted molar refractivity (Wildman–Crippen MR) is 106 cm³/mol. The zero-order valence-corrected chi connectivity index (χ0v) is 16.8. The Morgan fingerprint density at radius 3 is 1.50 bits per heavy atom. The highest BCUT2D eigenvalue weighted by atomic mass is 35.5. The van der Waals surface area contributed by atoms with Crippen molar-refractivity contribution in [2.75, 3.05) is 0 Å². The van der Waals surface area contributed by atoms with Crippen molar-refractivity contribution in [1.29, 1.82) is 0 Å². The van der Waals surface area contributed by atoms with Crippen molar-refractivity contribution in [3.8, 4) is 0 Å². The average Bonchev–Trinajstić information content (AvgIpc) is 2.60. The van der Waals surface area contributed by atoms with Gasteiger partial charge in [-0.2, -0.15) is 0 Å². The van der Waals surface area contributed by atoms with Crippen molar-refractivity contribution < 1.29 is 15.2 Å². The van der Waals surface area contributed by atoms with Crippen molar-refractivity contribution in [3.05, 3.63) is 89.9 Å². The molecule has 0 radical (unpaired) electrons. The number of rotatable bonds is 4. The Bertz CT molecular complexity index is 850. The lowest BCUT2D eigenvalue weighted by Crippen LogP contribution is -2.96. The fraction of sp³-hybridized carbons (Fsp3) is 0.368. The second kappa shape index (κ2) is 7.66. The van der Waals surface area contributed by atoms with Gasteiger partial charge in [0.15, 0.2) is 12.1 Å². The number of nitro groups is 2. The van der Waals surface area contributed by atoms with Crippen LogP contribution >= 0.6 is 23.2 Å². The summed E-state index contributed by atoms with van der Waals surface area (Å²) in [6, 6.07) is 9.97. The van der Waals surface area contributed by atoms with E-state index in [4.69, 9.17) is 23.2 Å². The lowest BCUT2D eigenvalue weighted by atomic mass is 9.66. The average molecular weight is 425 g/mol. The molecule has 1 fully saturated rings. The van der Waals surface area contributed by atoms with E-state index in [1.807, 2.05) is 0 Å². The van der Waals surface area contributed by atoms with Crippen LogP contribution in [0.2, 0.25) is 10.0 Å². The van der Waals surface area contributed by atoms with Gasteiger partial charge in [-0.15, -0.1) is 0 Å². The molecule has 0 unspecified atom stereocenters. The Kier molecular flexibility index (Phi) is 5.61. The van der Waals surface area contributed by atoms with E-state index in [1.165, 1.54) is 0 Å². The van der Waals surface area contributed by atoms with E-state index in [2.05, 4.69) is 0 Å². The highest BCUT2D eigenvalue weighted by Gasteiger charge is 2.66. The first kappa shape index (κ1) is 20.5. The molecule has 1 aliphatic rings. The second-order valence-electron chi connectivity index (χ2n) is 7.57. The molecule has 1 aliphatic heterocycles. The summed E-state index contributed by atoms with van der Waals surface area (Å²) in [6.45, 7) is 3.16. The van der Waals surface area contributed by atoms with Gasteiger partial charge in [-0.3, -0.25) is 20.2 Å². The maximum Gasteiger partial charge on any atom is 0.279 e. The van der Waals surface area contributed by atoms with Crippen LogP contribution in [0.15, 0.2) is 48.5 Å². The summed E-state index contributed by atoms with van der Waals surface area (Å²) in [6.07, 6.45) is 0. The molecule has 28 heavy (non-hydrogen) atoms. The van der Waals surface area contributed by atoms with Crippen molar-refractivity contribution in [1.82, 2.24) is 0 Å². The number of benzene rings is 2. The van der Waals surface area contributed by atoms with Crippen molar-refractivity contribution in [2.24, 2.45) is 5.41 Å². The summed E-state index contributed by atoms with van der Waals surface area (Å²) in [5.74, 6) is 0. The maximum atomic E-state index is 12.0. The summed E-state index contributed by atoms with van der Waals surface area (Å²) in [7, 11) is 0. The standard InChI is InChI=1S/C19H19Cl2N3O4/c1-19(2)17(23(25)26)15(11-7-3-5-9-13(11)20)22-16(18(19)24(27)28)12-8-4-6-10-14(12)21/h3-10,15-18,22H,1-2H3/p+1/t15-,16+,17-,18+. The monoisotopic (exact) mass is 424 g/mol.